The van der Waals surface area contributed by atoms with E-state index < -0.39 is 5.91 Å². The second kappa shape index (κ2) is 16.2. The van der Waals surface area contributed by atoms with Gasteiger partial charge in [-0.2, -0.15) is 0 Å². The third kappa shape index (κ3) is 7.24. The zero-order valence-electron chi connectivity index (χ0n) is 34.6. The van der Waals surface area contributed by atoms with E-state index in [2.05, 4.69) is 99.2 Å². The van der Waals surface area contributed by atoms with Gasteiger partial charge in [-0.3, -0.25) is 14.2 Å². The van der Waals surface area contributed by atoms with E-state index in [9.17, 15) is 9.59 Å². The molecule has 0 radical (unpaired) electrons. The Morgan fingerprint density at radius 2 is 1.28 bits per heavy atom. The molecule has 302 valence electrons. The summed E-state index contributed by atoms with van der Waals surface area (Å²) in [5.74, 6) is 1.03. The Bertz CT molecular complexity index is 3120. The van der Waals surface area contributed by atoms with Gasteiger partial charge in [0.15, 0.2) is 0 Å². The first-order valence-electron chi connectivity index (χ1n) is 20.5. The summed E-state index contributed by atoms with van der Waals surface area (Å²) in [4.78, 5) is 35.7. The minimum atomic E-state index is -0.485. The number of aryl methyl sites for hydroxylation is 5. The average molecular weight is 804 g/mol. The van der Waals surface area contributed by atoms with Crippen LogP contribution in [0.5, 0.6) is 0 Å². The fourth-order valence-corrected chi connectivity index (χ4v) is 8.53. The molecule has 0 aliphatic carbocycles. The molecule has 3 N–H and O–H groups in total. The van der Waals surface area contributed by atoms with E-state index in [1.807, 2.05) is 72.2 Å². The minimum absolute atomic E-state index is 0.173. The van der Waals surface area contributed by atoms with Crippen molar-refractivity contribution in [3.05, 3.63) is 162 Å². The van der Waals surface area contributed by atoms with E-state index >= 15 is 0 Å². The second-order valence-corrected chi connectivity index (χ2v) is 15.3. The average Bonchev–Trinajstić information content (AvgIpc) is 4.04. The predicted molar refractivity (Wildman–Crippen MR) is 242 cm³/mol. The zero-order chi connectivity index (χ0) is 42.2. The van der Waals surface area contributed by atoms with Gasteiger partial charge in [0.05, 0.1) is 27.8 Å². The molecule has 61 heavy (non-hydrogen) atoms. The van der Waals surface area contributed by atoms with Crippen LogP contribution < -0.4 is 11.1 Å². The van der Waals surface area contributed by atoms with Crippen LogP contribution in [0.1, 0.15) is 50.8 Å². The Kier molecular flexibility index (Phi) is 10.3. The molecule has 6 aromatic carbocycles. The summed E-state index contributed by atoms with van der Waals surface area (Å²) in [6.45, 7) is 7.73. The summed E-state index contributed by atoms with van der Waals surface area (Å²) in [7, 11) is 1.62. The molecule has 11 heteroatoms. The molecule has 11 nitrogen and oxygen atoms in total. The topological polar surface area (TPSA) is 139 Å². The van der Waals surface area contributed by atoms with Gasteiger partial charge in [-0.05, 0) is 109 Å². The lowest BCUT2D eigenvalue weighted by Crippen LogP contribution is -2.17. The molecule has 0 atom stereocenters. The van der Waals surface area contributed by atoms with Gasteiger partial charge in [0.2, 0.25) is 5.91 Å². The van der Waals surface area contributed by atoms with Gasteiger partial charge in [-0.25, -0.2) is 9.97 Å². The molecule has 0 saturated heterocycles. The highest BCUT2D eigenvalue weighted by atomic mass is 16.1. The lowest BCUT2D eigenvalue weighted by molar-refractivity contribution is 0.0961. The number of aromatic nitrogens is 7. The number of nitrogens with zero attached hydrogens (tertiary/aromatic N) is 7. The molecule has 0 fully saturated rings. The standard InChI is InChI=1S/C50H45N9O2/c1-5-58-45-23-19-35(57-29-53-54-30-57)28-44(45)56-48(58)40-14-8-6-12-37(40)36-21-17-33(26-32(36)3)11-10-24-59-46-22-18-34(50(61)52-4)27-43(46)55-49(59)41-15-9-7-13-38(41)39-20-16-31(2)25-42(39)47(51)60/h6-9,12-23,25-30H,5,10-11,24H2,1-4H3,(H2,51,60)(H,52,61). The van der Waals surface area contributed by atoms with Crippen LogP contribution in [0.3, 0.4) is 0 Å². The first-order chi connectivity index (χ1) is 29.7. The zero-order valence-corrected chi connectivity index (χ0v) is 34.6. The molecule has 0 aliphatic rings. The Morgan fingerprint density at radius 3 is 1.95 bits per heavy atom. The third-order valence-electron chi connectivity index (χ3n) is 11.5. The maximum absolute atomic E-state index is 12.7. The number of carbonyl (C=O) groups excluding carboxylic acids is 2. The molecule has 0 aliphatic heterocycles. The van der Waals surface area contributed by atoms with Crippen molar-refractivity contribution in [1.29, 1.82) is 0 Å². The molecular formula is C50H45N9O2. The molecule has 3 aromatic heterocycles. The Hall–Kier alpha value is -7.66. The van der Waals surface area contributed by atoms with Crippen LogP contribution in [0, 0.1) is 13.8 Å². The molecule has 3 heterocycles. The van der Waals surface area contributed by atoms with Gasteiger partial charge in [-0.15, -0.1) is 10.2 Å². The van der Waals surface area contributed by atoms with Crippen LogP contribution in [0.15, 0.2) is 134 Å². The Balaban J connectivity index is 1.03. The number of nitrogens with two attached hydrogens (primary N) is 1. The number of hydrogen-bond donors (Lipinski definition) is 2. The van der Waals surface area contributed by atoms with Crippen molar-refractivity contribution < 1.29 is 9.59 Å². The van der Waals surface area contributed by atoms with Crippen molar-refractivity contribution in [2.24, 2.45) is 5.73 Å². The number of hydrogen-bond acceptors (Lipinski definition) is 6. The number of amides is 2. The summed E-state index contributed by atoms with van der Waals surface area (Å²) < 4.78 is 6.39. The van der Waals surface area contributed by atoms with E-state index in [0.29, 0.717) is 17.7 Å². The summed E-state index contributed by atoms with van der Waals surface area (Å²) >= 11 is 0. The van der Waals surface area contributed by atoms with Gasteiger partial charge in [0.1, 0.15) is 24.3 Å². The molecule has 0 spiro atoms. The summed E-state index contributed by atoms with van der Waals surface area (Å²) in [6.07, 6.45) is 5.06. The second-order valence-electron chi connectivity index (χ2n) is 15.3. The summed E-state index contributed by atoms with van der Waals surface area (Å²) in [5.41, 5.74) is 20.7. The lowest BCUT2D eigenvalue weighted by atomic mass is 9.93. The van der Waals surface area contributed by atoms with Crippen LogP contribution in [-0.4, -0.2) is 52.7 Å². The smallest absolute Gasteiger partial charge is 0.251 e. The minimum Gasteiger partial charge on any atom is -0.366 e. The van der Waals surface area contributed by atoms with Gasteiger partial charge in [0, 0.05) is 42.4 Å². The van der Waals surface area contributed by atoms with Gasteiger partial charge < -0.3 is 20.2 Å². The lowest BCUT2D eigenvalue weighted by Gasteiger charge is -2.16. The van der Waals surface area contributed by atoms with Crippen molar-refractivity contribution in [3.8, 4) is 50.7 Å². The maximum Gasteiger partial charge on any atom is 0.251 e. The highest BCUT2D eigenvalue weighted by Crippen LogP contribution is 2.38. The molecule has 0 unspecified atom stereocenters. The molecule has 9 rings (SSSR count). The third-order valence-corrected chi connectivity index (χ3v) is 11.5. The predicted octanol–water partition coefficient (Wildman–Crippen LogP) is 9.36. The highest BCUT2D eigenvalue weighted by Gasteiger charge is 2.21. The number of nitrogens with one attached hydrogen (secondary N) is 1. The Labute approximate surface area is 353 Å². The number of imidazole rings is 2. The van der Waals surface area contributed by atoms with Crippen LogP contribution in [0.25, 0.3) is 72.8 Å². The normalized spacial score (nSPS) is 11.4. The van der Waals surface area contributed by atoms with Gasteiger partial charge >= 0.3 is 0 Å². The molecule has 0 bridgehead atoms. The van der Waals surface area contributed by atoms with Crippen molar-refractivity contribution >= 4 is 33.9 Å². The highest BCUT2D eigenvalue weighted by molar-refractivity contribution is 6.02. The monoisotopic (exact) mass is 803 g/mol. The largest absolute Gasteiger partial charge is 0.366 e. The van der Waals surface area contributed by atoms with Crippen LogP contribution in [0.2, 0.25) is 0 Å². The quantitative estimate of drug-likeness (QED) is 0.126. The molecular weight excluding hydrogens is 759 g/mol. The number of fused-ring (bicyclic) bond motifs is 2. The van der Waals surface area contributed by atoms with E-state index in [4.69, 9.17) is 15.7 Å². The number of primary amides is 1. The molecule has 0 saturated carbocycles. The van der Waals surface area contributed by atoms with Crippen LogP contribution >= 0.6 is 0 Å². The van der Waals surface area contributed by atoms with E-state index in [-0.39, 0.29) is 5.91 Å². The van der Waals surface area contributed by atoms with E-state index in [1.165, 1.54) is 11.1 Å². The Morgan fingerprint density at radius 1 is 0.656 bits per heavy atom. The van der Waals surface area contributed by atoms with Crippen LogP contribution in [-0.2, 0) is 19.5 Å². The van der Waals surface area contributed by atoms with E-state index in [1.54, 1.807) is 19.7 Å². The SMILES string of the molecule is CCn1c(-c2ccccc2-c2ccc(CCCn3c(-c4ccccc4-c4ccc(C)cc4C(N)=O)nc4cc(C(=O)NC)ccc43)cc2C)nc2cc(-n3cnnc3)ccc21. The maximum atomic E-state index is 12.7. The van der Waals surface area contributed by atoms with Crippen LogP contribution in [0.4, 0.5) is 0 Å². The van der Waals surface area contributed by atoms with Crippen molar-refractivity contribution in [2.45, 2.75) is 46.7 Å². The van der Waals surface area contributed by atoms with E-state index in [0.717, 1.165) is 97.7 Å². The van der Waals surface area contributed by atoms with Crippen molar-refractivity contribution in [2.75, 3.05) is 7.05 Å². The summed E-state index contributed by atoms with van der Waals surface area (Å²) in [5, 5.41) is 10.7. The van der Waals surface area contributed by atoms with Gasteiger partial charge in [0.25, 0.3) is 5.91 Å². The van der Waals surface area contributed by atoms with Crippen molar-refractivity contribution in [3.63, 3.8) is 0 Å². The summed E-state index contributed by atoms with van der Waals surface area (Å²) in [6, 6.07) is 40.9. The number of carbonyl (C=O) groups is 2. The van der Waals surface area contributed by atoms with Crippen molar-refractivity contribution in [1.82, 2.24) is 39.2 Å². The fraction of sp³-hybridized carbons (Fsp3) is 0.160. The molecule has 9 aromatic rings. The van der Waals surface area contributed by atoms with Gasteiger partial charge in [-0.1, -0.05) is 84.4 Å². The number of rotatable bonds is 12. The first kappa shape index (κ1) is 38.8. The first-order valence-corrected chi connectivity index (χ1v) is 20.5. The number of benzene rings is 6. The molecule has 2 amide bonds. The fourth-order valence-electron chi connectivity index (χ4n) is 8.53.